The van der Waals surface area contributed by atoms with E-state index in [0.29, 0.717) is 27.9 Å². The Morgan fingerprint density at radius 3 is 2.54 bits per heavy atom. The molecule has 1 atom stereocenters. The summed E-state index contributed by atoms with van der Waals surface area (Å²) in [5, 5.41) is 10.5. The molecule has 2 aromatic rings. The van der Waals surface area contributed by atoms with Crippen molar-refractivity contribution >= 4 is 40.1 Å². The van der Waals surface area contributed by atoms with Crippen molar-refractivity contribution in [1.29, 1.82) is 5.26 Å². The predicted molar refractivity (Wildman–Crippen MR) is 97.8 cm³/mol. The van der Waals surface area contributed by atoms with E-state index in [1.165, 1.54) is 0 Å². The Hall–Kier alpha value is -2.29. The lowest BCUT2D eigenvalue weighted by molar-refractivity contribution is 0.0855. The number of rotatable bonds is 2. The summed E-state index contributed by atoms with van der Waals surface area (Å²) in [5.74, 6) is -0.107. The van der Waals surface area contributed by atoms with Crippen molar-refractivity contribution in [2.75, 3.05) is 6.54 Å². The molecular formula is C18H14ClN3OS. The number of thioether (sulfide) groups is 1. The first kappa shape index (κ1) is 16.6. The number of hydrogen-bond donors (Lipinski definition) is 0. The number of hydrogen-bond acceptors (Lipinski definition) is 4. The Morgan fingerprint density at radius 1 is 1.25 bits per heavy atom. The summed E-state index contributed by atoms with van der Waals surface area (Å²) >= 11 is 7.47. The zero-order valence-electron chi connectivity index (χ0n) is 12.9. The van der Waals surface area contributed by atoms with Crippen LogP contribution in [0.25, 0.3) is 0 Å². The van der Waals surface area contributed by atoms with E-state index in [4.69, 9.17) is 16.9 Å². The van der Waals surface area contributed by atoms with Gasteiger partial charge in [-0.15, -0.1) is 0 Å². The fraction of sp³-hybridized carbons (Fsp3) is 0.167. The van der Waals surface area contributed by atoms with Crippen molar-refractivity contribution < 1.29 is 4.79 Å². The summed E-state index contributed by atoms with van der Waals surface area (Å²) in [6.07, 6.45) is 0. The molecule has 3 rings (SSSR count). The van der Waals surface area contributed by atoms with Crippen LogP contribution in [-0.2, 0) is 0 Å². The molecule has 1 fully saturated rings. The Kier molecular flexibility index (Phi) is 4.89. The molecule has 0 spiro atoms. The highest BCUT2D eigenvalue weighted by atomic mass is 35.5. The lowest BCUT2D eigenvalue weighted by atomic mass is 10.1. The third-order valence-corrected chi connectivity index (χ3v) is 4.86. The van der Waals surface area contributed by atoms with Gasteiger partial charge in [-0.2, -0.15) is 5.26 Å². The lowest BCUT2D eigenvalue weighted by Crippen LogP contribution is -2.32. The van der Waals surface area contributed by atoms with Gasteiger partial charge in [-0.05, 0) is 48.5 Å². The van der Waals surface area contributed by atoms with Crippen LogP contribution in [0.4, 0.5) is 5.69 Å². The monoisotopic (exact) mass is 355 g/mol. The van der Waals surface area contributed by atoms with Gasteiger partial charge in [-0.3, -0.25) is 9.69 Å². The van der Waals surface area contributed by atoms with E-state index in [-0.39, 0.29) is 11.2 Å². The standard InChI is InChI=1S/C18H14ClN3OS/c1-12-11-22(17(23)14-4-2-13(10-20)3-5-14)18(24-12)21-16-8-6-15(19)7-9-16/h2-9,12H,11H2,1H3/t12-/m0/s1. The molecule has 120 valence electrons. The number of nitrogens with zero attached hydrogens (tertiary/aromatic N) is 3. The van der Waals surface area contributed by atoms with Crippen molar-refractivity contribution in [3.63, 3.8) is 0 Å². The summed E-state index contributed by atoms with van der Waals surface area (Å²) in [6.45, 7) is 2.67. The van der Waals surface area contributed by atoms with Gasteiger partial charge >= 0.3 is 0 Å². The van der Waals surface area contributed by atoms with Crippen molar-refractivity contribution in [2.24, 2.45) is 4.99 Å². The first-order chi connectivity index (χ1) is 11.6. The van der Waals surface area contributed by atoms with E-state index >= 15 is 0 Å². The Labute approximate surface area is 149 Å². The van der Waals surface area contributed by atoms with Gasteiger partial charge in [-0.25, -0.2) is 4.99 Å². The number of carbonyl (C=O) groups excluding carboxylic acids is 1. The van der Waals surface area contributed by atoms with E-state index in [1.807, 2.05) is 12.1 Å². The second kappa shape index (κ2) is 7.08. The van der Waals surface area contributed by atoms with Crippen LogP contribution < -0.4 is 0 Å². The molecule has 2 aromatic carbocycles. The summed E-state index contributed by atoms with van der Waals surface area (Å²) in [6, 6.07) is 15.9. The third kappa shape index (κ3) is 3.61. The molecule has 0 aliphatic carbocycles. The first-order valence-corrected chi connectivity index (χ1v) is 8.65. The van der Waals surface area contributed by atoms with Crippen LogP contribution in [0.5, 0.6) is 0 Å². The van der Waals surface area contributed by atoms with Crippen LogP contribution >= 0.6 is 23.4 Å². The van der Waals surface area contributed by atoms with Gasteiger partial charge in [0.2, 0.25) is 0 Å². The van der Waals surface area contributed by atoms with Crippen molar-refractivity contribution in [1.82, 2.24) is 4.90 Å². The molecule has 1 aliphatic heterocycles. The maximum atomic E-state index is 12.8. The van der Waals surface area contributed by atoms with Crippen LogP contribution in [0, 0.1) is 11.3 Å². The highest BCUT2D eigenvalue weighted by molar-refractivity contribution is 8.14. The normalized spacial score (nSPS) is 18.6. The van der Waals surface area contributed by atoms with Crippen molar-refractivity contribution in [3.8, 4) is 6.07 Å². The Balaban J connectivity index is 1.88. The molecule has 0 N–H and O–H groups in total. The van der Waals surface area contributed by atoms with Crippen LogP contribution in [0.2, 0.25) is 5.02 Å². The smallest absolute Gasteiger partial charge is 0.259 e. The van der Waals surface area contributed by atoms with Gasteiger partial charge in [0.15, 0.2) is 5.17 Å². The van der Waals surface area contributed by atoms with Crippen LogP contribution in [-0.4, -0.2) is 27.8 Å². The molecule has 0 radical (unpaired) electrons. The van der Waals surface area contributed by atoms with Crippen molar-refractivity contribution in [3.05, 3.63) is 64.7 Å². The summed E-state index contributed by atoms with van der Waals surface area (Å²) in [5.41, 5.74) is 1.84. The number of amidine groups is 1. The van der Waals surface area contributed by atoms with E-state index in [9.17, 15) is 4.79 Å². The molecule has 0 unspecified atom stereocenters. The van der Waals surface area contributed by atoms with Gasteiger partial charge in [-0.1, -0.05) is 30.3 Å². The highest BCUT2D eigenvalue weighted by Crippen LogP contribution is 2.29. The van der Waals surface area contributed by atoms with Gasteiger partial charge < -0.3 is 0 Å². The first-order valence-electron chi connectivity index (χ1n) is 7.40. The minimum atomic E-state index is -0.107. The second-order valence-corrected chi connectivity index (χ2v) is 7.25. The molecule has 1 heterocycles. The summed E-state index contributed by atoms with van der Waals surface area (Å²) in [4.78, 5) is 19.0. The molecule has 4 nitrogen and oxygen atoms in total. The fourth-order valence-electron chi connectivity index (χ4n) is 2.34. The average Bonchev–Trinajstić information content (AvgIpc) is 2.96. The van der Waals surface area contributed by atoms with E-state index in [1.54, 1.807) is 53.1 Å². The maximum absolute atomic E-state index is 12.8. The minimum absolute atomic E-state index is 0.107. The average molecular weight is 356 g/mol. The number of amides is 1. The van der Waals surface area contributed by atoms with Crippen LogP contribution in [0.15, 0.2) is 53.5 Å². The van der Waals surface area contributed by atoms with Gasteiger partial charge in [0.05, 0.1) is 17.3 Å². The molecule has 6 heteroatoms. The largest absolute Gasteiger partial charge is 0.286 e. The van der Waals surface area contributed by atoms with E-state index in [2.05, 4.69) is 18.0 Å². The van der Waals surface area contributed by atoms with Crippen LogP contribution in [0.3, 0.4) is 0 Å². The van der Waals surface area contributed by atoms with Crippen molar-refractivity contribution in [2.45, 2.75) is 12.2 Å². The maximum Gasteiger partial charge on any atom is 0.259 e. The zero-order valence-corrected chi connectivity index (χ0v) is 14.5. The lowest BCUT2D eigenvalue weighted by Gasteiger charge is -2.16. The predicted octanol–water partition coefficient (Wildman–Crippen LogP) is 4.48. The molecule has 1 aliphatic rings. The minimum Gasteiger partial charge on any atom is -0.286 e. The second-order valence-electron chi connectivity index (χ2n) is 5.40. The van der Waals surface area contributed by atoms with Gasteiger partial charge in [0.25, 0.3) is 5.91 Å². The van der Waals surface area contributed by atoms with E-state index in [0.717, 1.165) is 5.69 Å². The molecule has 24 heavy (non-hydrogen) atoms. The number of carbonyl (C=O) groups is 1. The van der Waals surface area contributed by atoms with E-state index < -0.39 is 0 Å². The number of benzene rings is 2. The number of aliphatic imine (C=N–C) groups is 1. The third-order valence-electron chi connectivity index (χ3n) is 3.53. The molecule has 1 saturated heterocycles. The highest BCUT2D eigenvalue weighted by Gasteiger charge is 2.31. The molecule has 1 amide bonds. The topological polar surface area (TPSA) is 56.5 Å². The quantitative estimate of drug-likeness (QED) is 0.798. The molecular weight excluding hydrogens is 342 g/mol. The Morgan fingerprint density at radius 2 is 1.92 bits per heavy atom. The van der Waals surface area contributed by atoms with Crippen LogP contribution in [0.1, 0.15) is 22.8 Å². The van der Waals surface area contributed by atoms with Gasteiger partial charge in [0.1, 0.15) is 0 Å². The Bertz CT molecular complexity index is 825. The number of nitriles is 1. The molecule has 0 saturated carbocycles. The molecule has 0 bridgehead atoms. The summed E-state index contributed by atoms with van der Waals surface area (Å²) < 4.78 is 0. The number of halogens is 1. The SMILES string of the molecule is C[C@H]1CN(C(=O)c2ccc(C#N)cc2)C(=Nc2ccc(Cl)cc2)S1. The summed E-state index contributed by atoms with van der Waals surface area (Å²) in [7, 11) is 0. The van der Waals surface area contributed by atoms with Gasteiger partial charge in [0, 0.05) is 22.4 Å². The fourth-order valence-corrected chi connectivity index (χ4v) is 3.49. The zero-order chi connectivity index (χ0) is 17.1. The molecule has 0 aromatic heterocycles.